The van der Waals surface area contributed by atoms with E-state index in [1.165, 1.54) is 0 Å². The molecule has 1 saturated heterocycles. The minimum absolute atomic E-state index is 0.384. The van der Waals surface area contributed by atoms with Gasteiger partial charge in [-0.05, 0) is 5.56 Å². The molecule has 1 aliphatic heterocycles. The minimum atomic E-state index is -1.43. The monoisotopic (exact) mass is 256 g/mol. The molecule has 0 aliphatic carbocycles. The first kappa shape index (κ1) is 12.4. The Balaban J connectivity index is 2.02. The molecule has 0 bridgehead atoms. The van der Waals surface area contributed by atoms with Crippen LogP contribution in [-0.2, 0) is 15.3 Å². The second-order valence-corrected chi connectivity index (χ2v) is 4.57. The normalized spacial score (nSPS) is 27.1. The average molecular weight is 256 g/mol. The van der Waals surface area contributed by atoms with Crippen molar-refractivity contribution in [2.24, 2.45) is 0 Å². The summed E-state index contributed by atoms with van der Waals surface area (Å²) in [4.78, 5) is 0. The lowest BCUT2D eigenvalue weighted by Gasteiger charge is -2.40. The first-order chi connectivity index (χ1) is 9.31. The molecule has 0 aromatic heterocycles. The van der Waals surface area contributed by atoms with Gasteiger partial charge >= 0.3 is 0 Å². The second-order valence-electron chi connectivity index (χ2n) is 4.57. The molecule has 0 saturated carbocycles. The van der Waals surface area contributed by atoms with Crippen molar-refractivity contribution in [1.82, 2.24) is 0 Å². The van der Waals surface area contributed by atoms with Gasteiger partial charge in [0.2, 0.25) is 5.79 Å². The van der Waals surface area contributed by atoms with Gasteiger partial charge in [-0.1, -0.05) is 60.7 Å². The quantitative estimate of drug-likeness (QED) is 0.897. The van der Waals surface area contributed by atoms with Crippen LogP contribution < -0.4 is 0 Å². The lowest BCUT2D eigenvalue weighted by Crippen LogP contribution is -2.43. The van der Waals surface area contributed by atoms with Gasteiger partial charge < -0.3 is 14.6 Å². The van der Waals surface area contributed by atoms with Gasteiger partial charge in [-0.2, -0.15) is 0 Å². The Labute approximate surface area is 112 Å². The number of ether oxygens (including phenoxy) is 2. The summed E-state index contributed by atoms with van der Waals surface area (Å²) in [7, 11) is 0. The molecule has 0 spiro atoms. The molecule has 2 aromatic rings. The molecule has 1 N–H and O–H groups in total. The van der Waals surface area contributed by atoms with E-state index in [1.807, 2.05) is 60.7 Å². The molecule has 3 nitrogen and oxygen atoms in total. The smallest absolute Gasteiger partial charge is 0.224 e. The van der Waals surface area contributed by atoms with Gasteiger partial charge in [-0.3, -0.25) is 0 Å². The minimum Gasteiger partial charge on any atom is -0.365 e. The molecule has 98 valence electrons. The van der Waals surface area contributed by atoms with E-state index in [9.17, 15) is 5.11 Å². The highest BCUT2D eigenvalue weighted by Crippen LogP contribution is 2.41. The number of aliphatic hydroxyl groups is 1. The third kappa shape index (κ3) is 2.28. The van der Waals surface area contributed by atoms with Gasteiger partial charge in [0, 0.05) is 5.56 Å². The van der Waals surface area contributed by atoms with Crippen molar-refractivity contribution in [3.63, 3.8) is 0 Å². The van der Waals surface area contributed by atoms with Crippen LogP contribution in [0.2, 0.25) is 0 Å². The van der Waals surface area contributed by atoms with Crippen LogP contribution in [0.25, 0.3) is 0 Å². The van der Waals surface area contributed by atoms with Crippen molar-refractivity contribution in [2.45, 2.75) is 11.9 Å². The van der Waals surface area contributed by atoms with Crippen molar-refractivity contribution in [1.29, 1.82) is 0 Å². The highest BCUT2D eigenvalue weighted by Gasteiger charge is 2.44. The van der Waals surface area contributed by atoms with Crippen LogP contribution in [0.3, 0.4) is 0 Å². The Morgan fingerprint density at radius 1 is 0.895 bits per heavy atom. The maximum atomic E-state index is 10.9. The van der Waals surface area contributed by atoms with Crippen LogP contribution in [0.15, 0.2) is 60.7 Å². The fourth-order valence-corrected chi connectivity index (χ4v) is 2.41. The second kappa shape index (κ2) is 5.13. The molecule has 0 radical (unpaired) electrons. The average Bonchev–Trinajstić information content (AvgIpc) is 2.49. The third-order valence-electron chi connectivity index (χ3n) is 3.34. The van der Waals surface area contributed by atoms with E-state index < -0.39 is 11.9 Å². The molecule has 19 heavy (non-hydrogen) atoms. The zero-order chi connectivity index (χ0) is 13.1. The van der Waals surface area contributed by atoms with E-state index in [-0.39, 0.29) is 0 Å². The van der Waals surface area contributed by atoms with Crippen molar-refractivity contribution < 1.29 is 14.6 Å². The van der Waals surface area contributed by atoms with Gasteiger partial charge in [0.25, 0.3) is 0 Å². The van der Waals surface area contributed by atoms with Crippen LogP contribution >= 0.6 is 0 Å². The summed E-state index contributed by atoms with van der Waals surface area (Å²) in [5.74, 6) is -1.43. The molecule has 3 heteroatoms. The highest BCUT2D eigenvalue weighted by atomic mass is 16.7. The maximum absolute atomic E-state index is 10.9. The van der Waals surface area contributed by atoms with E-state index in [1.54, 1.807) is 0 Å². The Morgan fingerprint density at radius 2 is 1.53 bits per heavy atom. The van der Waals surface area contributed by atoms with E-state index in [2.05, 4.69) is 0 Å². The number of hydrogen-bond acceptors (Lipinski definition) is 3. The molecular weight excluding hydrogens is 240 g/mol. The summed E-state index contributed by atoms with van der Waals surface area (Å²) in [5.41, 5.74) is 1.62. The van der Waals surface area contributed by atoms with E-state index in [0.29, 0.717) is 18.8 Å². The molecule has 3 rings (SSSR count). The summed E-state index contributed by atoms with van der Waals surface area (Å²) >= 11 is 0. The largest absolute Gasteiger partial charge is 0.365 e. The van der Waals surface area contributed by atoms with Crippen molar-refractivity contribution >= 4 is 0 Å². The summed E-state index contributed by atoms with van der Waals surface area (Å²) in [5, 5.41) is 10.9. The maximum Gasteiger partial charge on any atom is 0.224 e. The topological polar surface area (TPSA) is 38.7 Å². The Morgan fingerprint density at radius 3 is 2.21 bits per heavy atom. The summed E-state index contributed by atoms with van der Waals surface area (Å²) in [6.07, 6.45) is -0.509. The van der Waals surface area contributed by atoms with Gasteiger partial charge in [0.1, 0.15) is 6.10 Å². The van der Waals surface area contributed by atoms with Crippen LogP contribution in [0.1, 0.15) is 17.2 Å². The van der Waals surface area contributed by atoms with E-state index in [4.69, 9.17) is 9.47 Å². The molecule has 0 amide bonds. The van der Waals surface area contributed by atoms with Crippen molar-refractivity contribution in [2.75, 3.05) is 13.2 Å². The van der Waals surface area contributed by atoms with Crippen LogP contribution in [-0.4, -0.2) is 18.3 Å². The number of rotatable bonds is 2. The summed E-state index contributed by atoms with van der Waals surface area (Å²) in [6.45, 7) is 0.865. The zero-order valence-corrected chi connectivity index (χ0v) is 10.5. The highest BCUT2D eigenvalue weighted by molar-refractivity contribution is 5.28. The van der Waals surface area contributed by atoms with Crippen molar-refractivity contribution in [3.05, 3.63) is 71.8 Å². The summed E-state index contributed by atoms with van der Waals surface area (Å²) < 4.78 is 11.4. The van der Waals surface area contributed by atoms with Crippen LogP contribution in [0, 0.1) is 0 Å². The summed E-state index contributed by atoms with van der Waals surface area (Å²) in [6, 6.07) is 19.1. The molecular formula is C16H16O3. The fraction of sp³-hybridized carbons (Fsp3) is 0.250. The van der Waals surface area contributed by atoms with Gasteiger partial charge in [0.05, 0.1) is 13.2 Å². The molecule has 1 heterocycles. The van der Waals surface area contributed by atoms with Crippen LogP contribution in [0.4, 0.5) is 0 Å². The first-order valence-electron chi connectivity index (χ1n) is 6.39. The zero-order valence-electron chi connectivity index (χ0n) is 10.5. The van der Waals surface area contributed by atoms with E-state index in [0.717, 1.165) is 5.56 Å². The lowest BCUT2D eigenvalue weighted by atomic mass is 9.93. The molecule has 2 atom stereocenters. The van der Waals surface area contributed by atoms with Gasteiger partial charge in [0.15, 0.2) is 0 Å². The fourth-order valence-electron chi connectivity index (χ4n) is 2.41. The van der Waals surface area contributed by atoms with Crippen molar-refractivity contribution in [3.8, 4) is 0 Å². The number of benzene rings is 2. The van der Waals surface area contributed by atoms with Gasteiger partial charge in [-0.15, -0.1) is 0 Å². The van der Waals surface area contributed by atoms with E-state index >= 15 is 0 Å². The Bertz CT molecular complexity index is 526. The predicted molar refractivity (Wildman–Crippen MR) is 71.4 cm³/mol. The predicted octanol–water partition coefficient (Wildman–Crippen LogP) is 2.62. The molecule has 2 unspecified atom stereocenters. The standard InChI is InChI=1S/C16H16O3/c17-16(14-9-5-2-6-10-14)15(18-11-12-19-16)13-7-3-1-4-8-13/h1-10,15,17H,11-12H2. The Kier molecular flexibility index (Phi) is 3.34. The molecule has 1 aliphatic rings. The number of hydrogen-bond donors (Lipinski definition) is 1. The molecule has 2 aromatic carbocycles. The lowest BCUT2D eigenvalue weighted by molar-refractivity contribution is -0.318. The third-order valence-corrected chi connectivity index (χ3v) is 3.34. The van der Waals surface area contributed by atoms with Crippen LogP contribution in [0.5, 0.6) is 0 Å². The Hall–Kier alpha value is -1.68. The SMILES string of the molecule is OC1(c2ccccc2)OCCOC1c1ccccc1. The molecule has 1 fully saturated rings. The van der Waals surface area contributed by atoms with Gasteiger partial charge in [-0.25, -0.2) is 0 Å². The first-order valence-corrected chi connectivity index (χ1v) is 6.39.